The molecule has 0 bridgehead atoms. The van der Waals surface area contributed by atoms with E-state index in [-0.39, 0.29) is 11.9 Å². The molecule has 8 nitrogen and oxygen atoms in total. The van der Waals surface area contributed by atoms with E-state index in [2.05, 4.69) is 15.1 Å². The molecule has 0 saturated heterocycles. The summed E-state index contributed by atoms with van der Waals surface area (Å²) in [5.41, 5.74) is 0. The molecule has 0 spiro atoms. The van der Waals surface area contributed by atoms with Gasteiger partial charge in [-0.2, -0.15) is 4.98 Å². The lowest BCUT2D eigenvalue weighted by Gasteiger charge is -2.19. The summed E-state index contributed by atoms with van der Waals surface area (Å²) < 4.78 is 12.1. The molecule has 0 N–H and O–H groups in total. The predicted molar refractivity (Wildman–Crippen MR) is 82.6 cm³/mol. The van der Waals surface area contributed by atoms with Crippen LogP contribution in [0.4, 0.5) is 0 Å². The molecule has 1 amide bonds. The fourth-order valence-electron chi connectivity index (χ4n) is 2.30. The minimum atomic E-state index is 0.0160. The van der Waals surface area contributed by atoms with Crippen LogP contribution >= 0.6 is 0 Å². The van der Waals surface area contributed by atoms with Gasteiger partial charge in [0.25, 0.3) is 0 Å². The number of carbonyl (C=O) groups excluding carboxylic acids is 1. The molecule has 0 fully saturated rings. The Balaban J connectivity index is 1.87. The molecule has 1 atom stereocenters. The first kappa shape index (κ1) is 17.1. The Labute approximate surface area is 135 Å². The summed E-state index contributed by atoms with van der Waals surface area (Å²) in [5.74, 6) is 1.93. The average Bonchev–Trinajstić information content (AvgIpc) is 3.13. The smallest absolute Gasteiger partial charge is 0.246 e. The Morgan fingerprint density at radius 3 is 2.96 bits per heavy atom. The molecule has 2 aromatic rings. The van der Waals surface area contributed by atoms with Crippen molar-refractivity contribution in [3.05, 3.63) is 29.9 Å². The number of hydrogen-bond donors (Lipinski definition) is 0. The van der Waals surface area contributed by atoms with Gasteiger partial charge in [0.15, 0.2) is 5.82 Å². The van der Waals surface area contributed by atoms with Crippen molar-refractivity contribution in [2.75, 3.05) is 20.8 Å². The highest BCUT2D eigenvalue weighted by Gasteiger charge is 2.18. The molecular weight excluding hydrogens is 298 g/mol. The van der Waals surface area contributed by atoms with Crippen LogP contribution in [0.3, 0.4) is 0 Å². The highest BCUT2D eigenvalue weighted by atomic mass is 16.5. The van der Waals surface area contributed by atoms with Gasteiger partial charge in [-0.15, -0.1) is 0 Å². The monoisotopic (exact) mass is 321 g/mol. The van der Waals surface area contributed by atoms with Gasteiger partial charge in [-0.3, -0.25) is 4.79 Å². The van der Waals surface area contributed by atoms with Crippen molar-refractivity contribution in [1.29, 1.82) is 0 Å². The van der Waals surface area contributed by atoms with Crippen molar-refractivity contribution < 1.29 is 14.1 Å². The van der Waals surface area contributed by atoms with Gasteiger partial charge in [0.2, 0.25) is 11.8 Å². The number of nitrogens with zero attached hydrogens (tertiary/aromatic N) is 5. The van der Waals surface area contributed by atoms with E-state index < -0.39 is 0 Å². The quantitative estimate of drug-likeness (QED) is 0.730. The number of aromatic nitrogens is 4. The molecule has 2 heterocycles. The second-order valence-electron chi connectivity index (χ2n) is 5.53. The Kier molecular flexibility index (Phi) is 5.86. The SMILES string of the molecule is COCCc1noc(CN(C)C(=O)CC(C)n2ccnc2C)n1. The second kappa shape index (κ2) is 7.87. The summed E-state index contributed by atoms with van der Waals surface area (Å²) in [6.07, 6.45) is 4.60. The van der Waals surface area contributed by atoms with Crippen molar-refractivity contribution in [3.63, 3.8) is 0 Å². The number of ether oxygens (including phenoxy) is 1. The number of amides is 1. The van der Waals surface area contributed by atoms with Crippen LogP contribution in [-0.2, 0) is 22.5 Å². The zero-order valence-corrected chi connectivity index (χ0v) is 14.0. The molecule has 0 aliphatic rings. The molecule has 126 valence electrons. The first-order chi connectivity index (χ1) is 11.0. The third-order valence-electron chi connectivity index (χ3n) is 3.65. The molecular formula is C15H23N5O3. The fourth-order valence-corrected chi connectivity index (χ4v) is 2.30. The van der Waals surface area contributed by atoms with E-state index in [1.165, 1.54) is 0 Å². The molecule has 2 rings (SSSR count). The standard InChI is InChI=1S/C15H23N5O3/c1-11(20-7-6-16-12(20)2)9-15(21)19(3)10-14-17-13(18-23-14)5-8-22-4/h6-7,11H,5,8-10H2,1-4H3. The Hall–Kier alpha value is -2.22. The van der Waals surface area contributed by atoms with Crippen LogP contribution in [0.15, 0.2) is 16.9 Å². The number of carbonyl (C=O) groups is 1. The molecule has 0 aliphatic carbocycles. The van der Waals surface area contributed by atoms with Crippen molar-refractivity contribution in [2.24, 2.45) is 0 Å². The molecule has 23 heavy (non-hydrogen) atoms. The minimum Gasteiger partial charge on any atom is -0.384 e. The topological polar surface area (TPSA) is 86.3 Å². The zero-order chi connectivity index (χ0) is 16.8. The molecule has 0 aliphatic heterocycles. The van der Waals surface area contributed by atoms with E-state index in [0.717, 1.165) is 5.82 Å². The normalized spacial score (nSPS) is 12.3. The average molecular weight is 321 g/mol. The molecule has 2 aromatic heterocycles. The van der Waals surface area contributed by atoms with Crippen molar-refractivity contribution in [2.45, 2.75) is 39.3 Å². The number of rotatable bonds is 8. The van der Waals surface area contributed by atoms with Crippen LogP contribution in [0.25, 0.3) is 0 Å². The first-order valence-corrected chi connectivity index (χ1v) is 7.55. The Bertz CT molecular complexity index is 637. The lowest BCUT2D eigenvalue weighted by Crippen LogP contribution is -2.28. The lowest BCUT2D eigenvalue weighted by atomic mass is 10.2. The van der Waals surface area contributed by atoms with Crippen LogP contribution in [0, 0.1) is 6.92 Å². The van der Waals surface area contributed by atoms with E-state index >= 15 is 0 Å². The maximum absolute atomic E-state index is 12.3. The van der Waals surface area contributed by atoms with Gasteiger partial charge in [0, 0.05) is 45.4 Å². The van der Waals surface area contributed by atoms with Crippen LogP contribution in [-0.4, -0.2) is 51.3 Å². The third-order valence-corrected chi connectivity index (χ3v) is 3.65. The molecule has 0 aromatic carbocycles. The summed E-state index contributed by atoms with van der Waals surface area (Å²) in [6.45, 7) is 4.75. The van der Waals surface area contributed by atoms with E-state index in [0.29, 0.717) is 37.7 Å². The van der Waals surface area contributed by atoms with Crippen molar-refractivity contribution in [1.82, 2.24) is 24.6 Å². The number of hydrogen-bond acceptors (Lipinski definition) is 6. The zero-order valence-electron chi connectivity index (χ0n) is 14.0. The van der Waals surface area contributed by atoms with Gasteiger partial charge < -0.3 is 18.7 Å². The fraction of sp³-hybridized carbons (Fsp3) is 0.600. The van der Waals surface area contributed by atoms with Gasteiger partial charge >= 0.3 is 0 Å². The van der Waals surface area contributed by atoms with Crippen molar-refractivity contribution in [3.8, 4) is 0 Å². The summed E-state index contributed by atoms with van der Waals surface area (Å²) in [6, 6.07) is 0.0485. The van der Waals surface area contributed by atoms with Gasteiger partial charge in [0.05, 0.1) is 13.2 Å². The van der Waals surface area contributed by atoms with Crippen LogP contribution < -0.4 is 0 Å². The summed E-state index contributed by atoms with van der Waals surface area (Å²) in [5, 5.41) is 3.86. The minimum absolute atomic E-state index is 0.0160. The molecule has 0 radical (unpaired) electrons. The highest BCUT2D eigenvalue weighted by Crippen LogP contribution is 2.15. The molecule has 0 saturated carbocycles. The lowest BCUT2D eigenvalue weighted by molar-refractivity contribution is -0.131. The second-order valence-corrected chi connectivity index (χ2v) is 5.53. The molecule has 8 heteroatoms. The third kappa shape index (κ3) is 4.62. The van der Waals surface area contributed by atoms with Gasteiger partial charge in [-0.05, 0) is 13.8 Å². The largest absolute Gasteiger partial charge is 0.384 e. The van der Waals surface area contributed by atoms with Crippen LogP contribution in [0.5, 0.6) is 0 Å². The van der Waals surface area contributed by atoms with E-state index in [9.17, 15) is 4.79 Å². The Morgan fingerprint density at radius 2 is 2.30 bits per heavy atom. The molecule has 1 unspecified atom stereocenters. The van der Waals surface area contributed by atoms with E-state index in [1.54, 1.807) is 25.3 Å². The summed E-state index contributed by atoms with van der Waals surface area (Å²) in [7, 11) is 3.35. The van der Waals surface area contributed by atoms with Crippen LogP contribution in [0.2, 0.25) is 0 Å². The predicted octanol–water partition coefficient (Wildman–Crippen LogP) is 1.37. The maximum atomic E-state index is 12.3. The van der Waals surface area contributed by atoms with Gasteiger partial charge in [0.1, 0.15) is 5.82 Å². The number of methoxy groups -OCH3 is 1. The van der Waals surface area contributed by atoms with Crippen LogP contribution in [0.1, 0.15) is 36.9 Å². The first-order valence-electron chi connectivity index (χ1n) is 7.55. The summed E-state index contributed by atoms with van der Waals surface area (Å²) in [4.78, 5) is 22.3. The number of aryl methyl sites for hydroxylation is 1. The van der Waals surface area contributed by atoms with E-state index in [1.807, 2.05) is 24.6 Å². The van der Waals surface area contributed by atoms with Gasteiger partial charge in [-0.1, -0.05) is 5.16 Å². The number of imidazole rings is 1. The van der Waals surface area contributed by atoms with Crippen molar-refractivity contribution >= 4 is 5.91 Å². The highest BCUT2D eigenvalue weighted by molar-refractivity contribution is 5.76. The van der Waals surface area contributed by atoms with Gasteiger partial charge in [-0.25, -0.2) is 4.98 Å². The summed E-state index contributed by atoms with van der Waals surface area (Å²) >= 11 is 0. The van der Waals surface area contributed by atoms with E-state index in [4.69, 9.17) is 9.26 Å². The maximum Gasteiger partial charge on any atom is 0.246 e. The Morgan fingerprint density at radius 1 is 1.52 bits per heavy atom.